The zero-order chi connectivity index (χ0) is 15.4. The molecule has 2 aromatic rings. The molecule has 0 radical (unpaired) electrons. The Morgan fingerprint density at radius 3 is 2.67 bits per heavy atom. The molecule has 1 atom stereocenters. The Bertz CT molecular complexity index is 636. The minimum absolute atomic E-state index is 0.354. The van der Waals surface area contributed by atoms with Crippen LogP contribution in [-0.2, 0) is 0 Å². The molecule has 0 bridgehead atoms. The number of methoxy groups -OCH3 is 2. The second-order valence-electron chi connectivity index (χ2n) is 4.43. The Morgan fingerprint density at radius 2 is 2.05 bits per heavy atom. The van der Waals surface area contributed by atoms with Gasteiger partial charge in [-0.25, -0.2) is 10.4 Å². The second-order valence-corrected chi connectivity index (χ2v) is 5.29. The Balaban J connectivity index is 2.53. The van der Waals surface area contributed by atoms with Crippen molar-refractivity contribution in [2.75, 3.05) is 14.2 Å². The number of nitrogens with one attached hydrogen (secondary N) is 1. The highest BCUT2D eigenvalue weighted by Gasteiger charge is 2.22. The van der Waals surface area contributed by atoms with Crippen molar-refractivity contribution in [1.29, 1.82) is 0 Å². The Hall–Kier alpha value is -1.70. The zero-order valence-electron chi connectivity index (χ0n) is 12.1. The van der Waals surface area contributed by atoms with Crippen LogP contribution >= 0.6 is 15.9 Å². The predicted molar refractivity (Wildman–Crippen MR) is 83.2 cm³/mol. The molecule has 0 aliphatic heterocycles. The predicted octanol–water partition coefficient (Wildman–Crippen LogP) is 2.12. The van der Waals surface area contributed by atoms with Crippen LogP contribution in [0.3, 0.4) is 0 Å². The summed E-state index contributed by atoms with van der Waals surface area (Å²) < 4.78 is 11.3. The topological polar surface area (TPSA) is 82.3 Å². The van der Waals surface area contributed by atoms with Gasteiger partial charge in [-0.3, -0.25) is 5.84 Å². The highest BCUT2D eigenvalue weighted by molar-refractivity contribution is 9.10. The van der Waals surface area contributed by atoms with Crippen LogP contribution in [-0.4, -0.2) is 24.2 Å². The van der Waals surface area contributed by atoms with Gasteiger partial charge in [-0.15, -0.1) is 0 Å². The third-order valence-electron chi connectivity index (χ3n) is 3.05. The lowest BCUT2D eigenvalue weighted by molar-refractivity contribution is 0.352. The summed E-state index contributed by atoms with van der Waals surface area (Å²) in [6.07, 6.45) is 1.53. The van der Waals surface area contributed by atoms with E-state index in [-0.39, 0.29) is 6.04 Å². The molecule has 0 aliphatic rings. The summed E-state index contributed by atoms with van der Waals surface area (Å²) in [4.78, 5) is 8.60. The summed E-state index contributed by atoms with van der Waals surface area (Å²) in [6.45, 7) is 2.01. The number of halogens is 1. The molecule has 7 heteroatoms. The number of rotatable bonds is 5. The molecule has 21 heavy (non-hydrogen) atoms. The second kappa shape index (κ2) is 6.84. The lowest BCUT2D eigenvalue weighted by Crippen LogP contribution is -2.30. The number of hydrogen-bond donors (Lipinski definition) is 2. The third kappa shape index (κ3) is 3.31. The largest absolute Gasteiger partial charge is 0.480 e. The molecule has 0 saturated heterocycles. The summed E-state index contributed by atoms with van der Waals surface area (Å²) in [5.41, 5.74) is 5.42. The number of hydrogen-bond acceptors (Lipinski definition) is 6. The van der Waals surface area contributed by atoms with Crippen molar-refractivity contribution in [3.63, 3.8) is 0 Å². The third-order valence-corrected chi connectivity index (χ3v) is 3.77. The lowest BCUT2D eigenvalue weighted by atomic mass is 10.0. The molecule has 6 nitrogen and oxygen atoms in total. The number of hydrazine groups is 1. The van der Waals surface area contributed by atoms with E-state index in [1.165, 1.54) is 20.4 Å². The van der Waals surface area contributed by atoms with Crippen LogP contribution in [0.5, 0.6) is 11.8 Å². The normalized spacial score (nSPS) is 12.0. The molecule has 1 aromatic heterocycles. The van der Waals surface area contributed by atoms with Gasteiger partial charge in [-0.1, -0.05) is 33.6 Å². The van der Waals surface area contributed by atoms with Crippen molar-refractivity contribution in [3.8, 4) is 11.8 Å². The van der Waals surface area contributed by atoms with E-state index in [1.54, 1.807) is 0 Å². The standard InChI is InChI=1S/C14H17BrN4O2/c1-8-4-5-10(15)9(6-8)12(19-16)13-14(21-3)18-11(20-2)7-17-13/h4-7,12,19H,16H2,1-3H3. The van der Waals surface area contributed by atoms with Gasteiger partial charge in [-0.05, 0) is 18.6 Å². The van der Waals surface area contributed by atoms with Gasteiger partial charge in [0.2, 0.25) is 11.8 Å². The molecule has 112 valence electrons. The van der Waals surface area contributed by atoms with Crippen molar-refractivity contribution in [3.05, 3.63) is 45.7 Å². The summed E-state index contributed by atoms with van der Waals surface area (Å²) >= 11 is 3.53. The average Bonchev–Trinajstić information content (AvgIpc) is 2.51. The van der Waals surface area contributed by atoms with Crippen molar-refractivity contribution < 1.29 is 9.47 Å². The highest BCUT2D eigenvalue weighted by atomic mass is 79.9. The molecule has 3 N–H and O–H groups in total. The molecule has 0 spiro atoms. The van der Waals surface area contributed by atoms with Gasteiger partial charge < -0.3 is 9.47 Å². The molecular formula is C14H17BrN4O2. The molecule has 2 rings (SSSR count). The van der Waals surface area contributed by atoms with Gasteiger partial charge in [0.25, 0.3) is 0 Å². The van der Waals surface area contributed by atoms with E-state index in [0.29, 0.717) is 17.5 Å². The molecule has 0 amide bonds. The van der Waals surface area contributed by atoms with Crippen LogP contribution in [0.4, 0.5) is 0 Å². The van der Waals surface area contributed by atoms with Crippen LogP contribution in [0.2, 0.25) is 0 Å². The summed E-state index contributed by atoms with van der Waals surface area (Å²) in [6, 6.07) is 5.66. The quantitative estimate of drug-likeness (QED) is 0.633. The van der Waals surface area contributed by atoms with Crippen LogP contribution < -0.4 is 20.7 Å². The number of nitrogens with zero attached hydrogens (tertiary/aromatic N) is 2. The zero-order valence-corrected chi connectivity index (χ0v) is 13.6. The van der Waals surface area contributed by atoms with Gasteiger partial charge in [0.15, 0.2) is 0 Å². The minimum Gasteiger partial charge on any atom is -0.480 e. The van der Waals surface area contributed by atoms with Crippen LogP contribution in [0.25, 0.3) is 0 Å². The van der Waals surface area contributed by atoms with Gasteiger partial charge >= 0.3 is 0 Å². The fourth-order valence-corrected chi connectivity index (χ4v) is 2.49. The highest BCUT2D eigenvalue weighted by Crippen LogP contribution is 2.32. The van der Waals surface area contributed by atoms with Crippen molar-refractivity contribution >= 4 is 15.9 Å². The fourth-order valence-electron chi connectivity index (χ4n) is 2.01. The average molecular weight is 353 g/mol. The first-order valence-electron chi connectivity index (χ1n) is 6.27. The molecule has 1 aromatic carbocycles. The van der Waals surface area contributed by atoms with E-state index >= 15 is 0 Å². The van der Waals surface area contributed by atoms with Gasteiger partial charge in [0.05, 0.1) is 26.5 Å². The smallest absolute Gasteiger partial charge is 0.240 e. The van der Waals surface area contributed by atoms with E-state index in [1.807, 2.05) is 25.1 Å². The van der Waals surface area contributed by atoms with E-state index in [9.17, 15) is 0 Å². The van der Waals surface area contributed by atoms with Crippen LogP contribution in [0.15, 0.2) is 28.9 Å². The van der Waals surface area contributed by atoms with E-state index < -0.39 is 0 Å². The molecule has 0 saturated carbocycles. The first-order chi connectivity index (χ1) is 10.1. The summed E-state index contributed by atoms with van der Waals surface area (Å²) in [7, 11) is 3.06. The maximum atomic E-state index is 5.72. The number of benzene rings is 1. The lowest BCUT2D eigenvalue weighted by Gasteiger charge is -2.19. The Kier molecular flexibility index (Phi) is 5.11. The number of nitrogens with two attached hydrogens (primary N) is 1. The number of aromatic nitrogens is 2. The minimum atomic E-state index is -0.354. The summed E-state index contributed by atoms with van der Waals surface area (Å²) in [5, 5.41) is 0. The molecule has 0 aliphatic carbocycles. The van der Waals surface area contributed by atoms with E-state index in [2.05, 4.69) is 31.3 Å². The number of aryl methyl sites for hydroxylation is 1. The molecule has 1 unspecified atom stereocenters. The Morgan fingerprint density at radius 1 is 1.29 bits per heavy atom. The van der Waals surface area contributed by atoms with Gasteiger partial charge in [0.1, 0.15) is 5.69 Å². The first kappa shape index (κ1) is 15.7. The van der Waals surface area contributed by atoms with Crippen molar-refractivity contribution in [2.24, 2.45) is 5.84 Å². The molecular weight excluding hydrogens is 336 g/mol. The fraction of sp³-hybridized carbons (Fsp3) is 0.286. The Labute approximate surface area is 131 Å². The van der Waals surface area contributed by atoms with Crippen LogP contribution in [0.1, 0.15) is 22.9 Å². The monoisotopic (exact) mass is 352 g/mol. The maximum Gasteiger partial charge on any atom is 0.240 e. The van der Waals surface area contributed by atoms with E-state index in [0.717, 1.165) is 15.6 Å². The first-order valence-corrected chi connectivity index (χ1v) is 7.07. The summed E-state index contributed by atoms with van der Waals surface area (Å²) in [5.74, 6) is 6.47. The van der Waals surface area contributed by atoms with Crippen molar-refractivity contribution in [2.45, 2.75) is 13.0 Å². The molecule has 1 heterocycles. The van der Waals surface area contributed by atoms with Gasteiger partial charge in [0, 0.05) is 4.47 Å². The maximum absolute atomic E-state index is 5.72. The van der Waals surface area contributed by atoms with Crippen molar-refractivity contribution in [1.82, 2.24) is 15.4 Å². The van der Waals surface area contributed by atoms with E-state index in [4.69, 9.17) is 15.3 Å². The SMILES string of the molecule is COc1cnc(C(NN)c2cc(C)ccc2Br)c(OC)n1. The number of ether oxygens (including phenoxy) is 2. The molecule has 0 fully saturated rings. The van der Waals surface area contributed by atoms with Crippen LogP contribution in [0, 0.1) is 6.92 Å². The van der Waals surface area contributed by atoms with Gasteiger partial charge in [-0.2, -0.15) is 4.98 Å².